The number of fused-ring (bicyclic) bond motifs is 5. The van der Waals surface area contributed by atoms with Gasteiger partial charge in [0.15, 0.2) is 0 Å². The summed E-state index contributed by atoms with van der Waals surface area (Å²) in [6, 6.07) is 13.0. The van der Waals surface area contributed by atoms with Crippen molar-refractivity contribution in [3.05, 3.63) is 60.4 Å². The molecule has 49 heavy (non-hydrogen) atoms. The molecule has 5 heterocycles. The van der Waals surface area contributed by atoms with Gasteiger partial charge >= 0.3 is 12.2 Å². The van der Waals surface area contributed by atoms with E-state index < -0.39 is 16.7 Å². The average molecular weight is 681 g/mol. The standard InChI is InChI=1S/C38H44N6O4S/c1-36(2,3)47-34(45)43-15-7-8-29(43)32-39-19-27(41-32)23-9-11-25-26-12-10-24(17-31(26)49-30(25)16-23)28-20-40-33(42-28)38-14-13-22(18-38)21-44(38)35(46)48-37(4,5)6/h9-12,16-17,19-20,22,29H,7-8,13-15,18,21H2,1-6H3,(H,39,41)(H,40,42). The van der Waals surface area contributed by atoms with Crippen molar-refractivity contribution in [3.8, 4) is 22.5 Å². The number of benzene rings is 2. The van der Waals surface area contributed by atoms with Crippen molar-refractivity contribution in [1.29, 1.82) is 0 Å². The van der Waals surface area contributed by atoms with Gasteiger partial charge in [0.2, 0.25) is 0 Å². The van der Waals surface area contributed by atoms with Crippen molar-refractivity contribution in [2.24, 2.45) is 5.92 Å². The Labute approximate surface area is 290 Å². The van der Waals surface area contributed by atoms with Crippen LogP contribution in [0.5, 0.6) is 0 Å². The van der Waals surface area contributed by atoms with Gasteiger partial charge in [-0.15, -0.1) is 11.3 Å². The van der Waals surface area contributed by atoms with Gasteiger partial charge in [-0.3, -0.25) is 9.80 Å². The molecule has 0 spiro atoms. The summed E-state index contributed by atoms with van der Waals surface area (Å²) in [7, 11) is 0. The van der Waals surface area contributed by atoms with E-state index in [1.807, 2.05) is 58.8 Å². The maximum Gasteiger partial charge on any atom is 0.411 e. The number of thiophene rings is 1. The van der Waals surface area contributed by atoms with Crippen molar-refractivity contribution in [1.82, 2.24) is 29.7 Å². The molecule has 11 heteroatoms. The Bertz CT molecular complexity index is 2080. The minimum absolute atomic E-state index is 0.123. The summed E-state index contributed by atoms with van der Waals surface area (Å²) in [5.74, 6) is 2.11. The molecule has 8 rings (SSSR count). The highest BCUT2D eigenvalue weighted by Crippen LogP contribution is 2.52. The minimum atomic E-state index is -0.545. The van der Waals surface area contributed by atoms with Crippen LogP contribution in [0, 0.1) is 5.92 Å². The molecule has 5 aromatic rings. The number of H-pyrrole nitrogens is 2. The molecule has 3 atom stereocenters. The zero-order valence-electron chi connectivity index (χ0n) is 29.1. The SMILES string of the molecule is CC(C)(C)OC(=O)N1CCCC1c1ncc(-c2ccc3c(c2)sc2cc(-c4cnc(C56CCC(CN5C(=O)OC(C)(C)C)C6)[nH]4)ccc23)[nH]1. The molecule has 2 amide bonds. The normalized spacial score (nSPS) is 22.5. The number of amides is 2. The second-order valence-electron chi connectivity index (χ2n) is 15.9. The van der Waals surface area contributed by atoms with Crippen LogP contribution in [-0.4, -0.2) is 66.2 Å². The van der Waals surface area contributed by atoms with Crippen LogP contribution in [0.4, 0.5) is 9.59 Å². The first-order valence-electron chi connectivity index (χ1n) is 17.3. The number of nitrogens with zero attached hydrogens (tertiary/aromatic N) is 4. The van der Waals surface area contributed by atoms with Crippen LogP contribution >= 0.6 is 11.3 Å². The molecular formula is C38H44N6O4S. The lowest BCUT2D eigenvalue weighted by atomic mass is 9.96. The van der Waals surface area contributed by atoms with Crippen molar-refractivity contribution in [2.45, 2.75) is 96.4 Å². The Morgan fingerprint density at radius 1 is 0.857 bits per heavy atom. The molecule has 2 aliphatic heterocycles. The van der Waals surface area contributed by atoms with Crippen LogP contribution in [0.3, 0.4) is 0 Å². The van der Waals surface area contributed by atoms with E-state index in [4.69, 9.17) is 19.4 Å². The van der Waals surface area contributed by atoms with E-state index in [2.05, 4.69) is 46.4 Å². The van der Waals surface area contributed by atoms with Gasteiger partial charge in [0.1, 0.15) is 28.4 Å². The highest BCUT2D eigenvalue weighted by Gasteiger charge is 2.56. The molecule has 2 aromatic carbocycles. The van der Waals surface area contributed by atoms with Gasteiger partial charge in [-0.2, -0.15) is 0 Å². The molecule has 0 radical (unpaired) electrons. The fraction of sp³-hybridized carbons (Fsp3) is 0.474. The van der Waals surface area contributed by atoms with E-state index in [-0.39, 0.29) is 18.2 Å². The number of imidazole rings is 2. The molecule has 2 saturated heterocycles. The van der Waals surface area contributed by atoms with Crippen LogP contribution in [0.25, 0.3) is 42.7 Å². The number of ether oxygens (including phenoxy) is 2. The fourth-order valence-corrected chi connectivity index (χ4v) is 9.11. The topological polar surface area (TPSA) is 116 Å². The third kappa shape index (κ3) is 5.75. The van der Waals surface area contributed by atoms with Gasteiger partial charge in [0.05, 0.1) is 29.8 Å². The third-order valence-electron chi connectivity index (χ3n) is 10.1. The molecule has 3 aromatic heterocycles. The van der Waals surface area contributed by atoms with Crippen LogP contribution in [0.1, 0.15) is 91.3 Å². The van der Waals surface area contributed by atoms with Crippen molar-refractivity contribution >= 4 is 43.7 Å². The predicted octanol–water partition coefficient (Wildman–Crippen LogP) is 9.15. The van der Waals surface area contributed by atoms with E-state index in [0.29, 0.717) is 19.0 Å². The summed E-state index contributed by atoms with van der Waals surface area (Å²) in [6.07, 6.45) is 7.88. The number of carbonyl (C=O) groups excluding carboxylic acids is 2. The highest BCUT2D eigenvalue weighted by atomic mass is 32.1. The number of hydrogen-bond acceptors (Lipinski definition) is 7. The van der Waals surface area contributed by atoms with E-state index >= 15 is 0 Å². The van der Waals surface area contributed by atoms with E-state index in [0.717, 1.165) is 66.3 Å². The zero-order valence-corrected chi connectivity index (χ0v) is 29.9. The Hall–Kier alpha value is -4.38. The number of nitrogens with one attached hydrogen (secondary N) is 2. The molecule has 256 valence electrons. The Balaban J connectivity index is 1.04. The molecule has 1 aliphatic carbocycles. The largest absolute Gasteiger partial charge is 0.444 e. The lowest BCUT2D eigenvalue weighted by molar-refractivity contribution is 0.000443. The molecule has 3 unspecified atom stereocenters. The number of piperidine rings is 1. The first kappa shape index (κ1) is 31.9. The van der Waals surface area contributed by atoms with E-state index in [9.17, 15) is 9.59 Å². The molecule has 2 bridgehead atoms. The summed E-state index contributed by atoms with van der Waals surface area (Å²) in [5, 5.41) is 2.42. The summed E-state index contributed by atoms with van der Waals surface area (Å²) in [5.41, 5.74) is 2.46. The predicted molar refractivity (Wildman–Crippen MR) is 191 cm³/mol. The zero-order chi connectivity index (χ0) is 34.3. The van der Waals surface area contributed by atoms with Crippen LogP contribution in [0.15, 0.2) is 48.8 Å². The number of aromatic nitrogens is 4. The van der Waals surface area contributed by atoms with E-state index in [1.165, 1.54) is 20.2 Å². The molecule has 1 saturated carbocycles. The third-order valence-corrected chi connectivity index (χ3v) is 11.2. The number of aromatic amines is 2. The molecule has 10 nitrogen and oxygen atoms in total. The summed E-state index contributed by atoms with van der Waals surface area (Å²) in [4.78, 5) is 46.5. The monoisotopic (exact) mass is 680 g/mol. The quantitative estimate of drug-likeness (QED) is 0.196. The Morgan fingerprint density at radius 3 is 2.14 bits per heavy atom. The smallest absolute Gasteiger partial charge is 0.411 e. The molecular weight excluding hydrogens is 637 g/mol. The van der Waals surface area contributed by atoms with Crippen LogP contribution in [-0.2, 0) is 15.0 Å². The highest BCUT2D eigenvalue weighted by molar-refractivity contribution is 7.25. The van der Waals surface area contributed by atoms with Crippen molar-refractivity contribution in [2.75, 3.05) is 13.1 Å². The van der Waals surface area contributed by atoms with Gasteiger partial charge < -0.3 is 19.4 Å². The number of rotatable bonds is 4. The molecule has 3 fully saturated rings. The molecule has 3 aliphatic rings. The minimum Gasteiger partial charge on any atom is -0.444 e. The van der Waals surface area contributed by atoms with Crippen molar-refractivity contribution < 1.29 is 19.1 Å². The Morgan fingerprint density at radius 2 is 1.49 bits per heavy atom. The maximum absolute atomic E-state index is 13.2. The second-order valence-corrected chi connectivity index (χ2v) is 17.0. The van der Waals surface area contributed by atoms with Gasteiger partial charge in [0.25, 0.3) is 0 Å². The lowest BCUT2D eigenvalue weighted by Gasteiger charge is -2.38. The summed E-state index contributed by atoms with van der Waals surface area (Å²) in [6.45, 7) is 12.8. The van der Waals surface area contributed by atoms with Crippen molar-refractivity contribution in [3.63, 3.8) is 0 Å². The first-order chi connectivity index (χ1) is 23.3. The summed E-state index contributed by atoms with van der Waals surface area (Å²) < 4.78 is 13.9. The fourth-order valence-electron chi connectivity index (χ4n) is 7.93. The van der Waals surface area contributed by atoms with Crippen LogP contribution in [0.2, 0.25) is 0 Å². The molecule has 2 N–H and O–H groups in total. The lowest BCUT2D eigenvalue weighted by Crippen LogP contribution is -2.48. The Kier molecular flexibility index (Phi) is 7.37. The van der Waals surface area contributed by atoms with Gasteiger partial charge in [-0.05, 0) is 91.7 Å². The number of likely N-dealkylation sites (tertiary alicyclic amines) is 2. The van der Waals surface area contributed by atoms with E-state index in [1.54, 1.807) is 16.2 Å². The van der Waals surface area contributed by atoms with Gasteiger partial charge in [-0.25, -0.2) is 19.6 Å². The van der Waals surface area contributed by atoms with Gasteiger partial charge in [0, 0.05) is 44.4 Å². The number of hydrogen-bond donors (Lipinski definition) is 2. The van der Waals surface area contributed by atoms with Crippen LogP contribution < -0.4 is 0 Å². The summed E-state index contributed by atoms with van der Waals surface area (Å²) >= 11 is 1.77. The van der Waals surface area contributed by atoms with Gasteiger partial charge in [-0.1, -0.05) is 24.3 Å². The first-order valence-corrected chi connectivity index (χ1v) is 18.2. The number of carbonyl (C=O) groups is 2. The average Bonchev–Trinajstić information content (AvgIpc) is 3.87. The second kappa shape index (κ2) is 11.3. The maximum atomic E-state index is 13.2.